The monoisotopic (exact) mass is 540 g/mol. The average molecular weight is 541 g/mol. The second-order valence-corrected chi connectivity index (χ2v) is 10.6. The number of urea groups is 1. The van der Waals surface area contributed by atoms with Gasteiger partial charge in [0.15, 0.2) is 6.04 Å². The summed E-state index contributed by atoms with van der Waals surface area (Å²) in [5.41, 5.74) is 1.03. The lowest BCUT2D eigenvalue weighted by molar-refractivity contribution is -0.137. The molecule has 1 saturated carbocycles. The van der Waals surface area contributed by atoms with E-state index in [1.807, 2.05) is 0 Å². The number of benzene rings is 1. The van der Waals surface area contributed by atoms with Crippen LogP contribution >= 0.6 is 0 Å². The van der Waals surface area contributed by atoms with Gasteiger partial charge in [-0.2, -0.15) is 0 Å². The van der Waals surface area contributed by atoms with Crippen LogP contribution in [0.4, 0.5) is 16.2 Å². The minimum atomic E-state index is -1.28. The van der Waals surface area contributed by atoms with Crippen LogP contribution in [-0.4, -0.2) is 95.0 Å². The highest BCUT2D eigenvalue weighted by molar-refractivity contribution is 6.12. The molecule has 11 heteroatoms. The van der Waals surface area contributed by atoms with Gasteiger partial charge in [-0.05, 0) is 57.9 Å². The van der Waals surface area contributed by atoms with Gasteiger partial charge in [-0.3, -0.25) is 9.89 Å². The Hall–Kier alpha value is -3.44. The van der Waals surface area contributed by atoms with E-state index in [-0.39, 0.29) is 23.1 Å². The van der Waals surface area contributed by atoms with Crippen molar-refractivity contribution in [1.29, 1.82) is 0 Å². The first-order valence-corrected chi connectivity index (χ1v) is 13.9. The lowest BCUT2D eigenvalue weighted by Gasteiger charge is -2.40. The maximum Gasteiger partial charge on any atom is 0.354 e. The van der Waals surface area contributed by atoms with Crippen molar-refractivity contribution in [1.82, 2.24) is 15.1 Å². The molecule has 0 bridgehead atoms. The molecular formula is C28H40N6O5. The van der Waals surface area contributed by atoms with Crippen molar-refractivity contribution in [3.63, 3.8) is 0 Å². The van der Waals surface area contributed by atoms with E-state index >= 15 is 0 Å². The number of carbonyl (C=O) groups excluding carboxylic acids is 1. The van der Waals surface area contributed by atoms with Crippen molar-refractivity contribution in [2.75, 3.05) is 49.5 Å². The molecule has 1 aliphatic carbocycles. The Morgan fingerprint density at radius 2 is 1.74 bits per heavy atom. The van der Waals surface area contributed by atoms with E-state index in [0.717, 1.165) is 45.2 Å². The highest BCUT2D eigenvalue weighted by Gasteiger charge is 2.38. The Kier molecular flexibility index (Phi) is 9.58. The predicted molar refractivity (Wildman–Crippen MR) is 150 cm³/mol. The molecule has 2 aliphatic heterocycles. The van der Waals surface area contributed by atoms with Gasteiger partial charge < -0.3 is 30.6 Å². The first kappa shape index (κ1) is 28.6. The fraction of sp³-hybridized carbons (Fsp3) is 0.571. The minimum Gasteiger partial charge on any atom is -0.479 e. The molecule has 1 saturated heterocycles. The largest absolute Gasteiger partial charge is 0.479 e. The second kappa shape index (κ2) is 13.1. The Morgan fingerprint density at radius 3 is 2.41 bits per heavy atom. The highest BCUT2D eigenvalue weighted by Crippen LogP contribution is 2.31. The van der Waals surface area contributed by atoms with E-state index in [2.05, 4.69) is 25.4 Å². The van der Waals surface area contributed by atoms with Crippen LogP contribution in [-0.2, 0) is 9.59 Å². The number of rotatable bonds is 9. The van der Waals surface area contributed by atoms with Gasteiger partial charge in [0, 0.05) is 55.9 Å². The van der Waals surface area contributed by atoms with Gasteiger partial charge in [0.2, 0.25) is 0 Å². The number of hydrogen-bond acceptors (Lipinski definition) is 7. The Morgan fingerprint density at radius 1 is 1.03 bits per heavy atom. The van der Waals surface area contributed by atoms with E-state index in [1.165, 1.54) is 43.9 Å². The van der Waals surface area contributed by atoms with Crippen molar-refractivity contribution in [3.05, 3.63) is 35.7 Å². The summed E-state index contributed by atoms with van der Waals surface area (Å²) in [5, 5.41) is 25.2. The smallest absolute Gasteiger partial charge is 0.354 e. The number of hydrogen-bond donors (Lipinski definition) is 4. The van der Waals surface area contributed by atoms with Crippen LogP contribution in [0.15, 0.2) is 40.7 Å². The third kappa shape index (κ3) is 7.15. The summed E-state index contributed by atoms with van der Waals surface area (Å²) in [5.74, 6) is -2.49. The van der Waals surface area contributed by atoms with E-state index in [1.54, 1.807) is 31.2 Å². The van der Waals surface area contributed by atoms with Crippen molar-refractivity contribution in [2.24, 2.45) is 4.99 Å². The van der Waals surface area contributed by atoms with Crippen LogP contribution in [0.3, 0.4) is 0 Å². The molecule has 2 heterocycles. The number of aliphatic carboxylic acids is 2. The first-order chi connectivity index (χ1) is 18.7. The topological polar surface area (TPSA) is 138 Å². The number of carboxylic acids is 2. The zero-order chi connectivity index (χ0) is 27.9. The third-order valence-corrected chi connectivity index (χ3v) is 7.83. The molecule has 1 aromatic carbocycles. The van der Waals surface area contributed by atoms with Gasteiger partial charge in [-0.25, -0.2) is 14.4 Å². The Bertz CT molecular complexity index is 1120. The van der Waals surface area contributed by atoms with Crippen LogP contribution in [0.5, 0.6) is 0 Å². The summed E-state index contributed by atoms with van der Waals surface area (Å²) >= 11 is 0. The summed E-state index contributed by atoms with van der Waals surface area (Å²) in [4.78, 5) is 47.0. The maximum absolute atomic E-state index is 12.5. The molecule has 3 aliphatic rings. The van der Waals surface area contributed by atoms with Crippen LogP contribution in [0, 0.1) is 0 Å². The summed E-state index contributed by atoms with van der Waals surface area (Å²) < 4.78 is 0. The number of aliphatic imine (C=N–C) groups is 1. The molecule has 1 atom stereocenters. The number of nitrogens with zero attached hydrogens (tertiary/aromatic N) is 4. The maximum atomic E-state index is 12.5. The van der Waals surface area contributed by atoms with E-state index < -0.39 is 18.0 Å². The molecule has 212 valence electrons. The molecule has 0 spiro atoms. The molecule has 0 aromatic heterocycles. The van der Waals surface area contributed by atoms with Crippen LogP contribution in [0.25, 0.3) is 0 Å². The molecule has 2 amide bonds. The van der Waals surface area contributed by atoms with Crippen LogP contribution in [0.2, 0.25) is 0 Å². The SMILES string of the molecule is CC1=NC(C)=C(C(=O)O)N(c2cccc(NC(=O)NCCCN3CCN(C4CCCCC4)CC3)c2)C1C(=O)O. The van der Waals surface area contributed by atoms with Crippen molar-refractivity contribution < 1.29 is 24.6 Å². The van der Waals surface area contributed by atoms with Crippen molar-refractivity contribution in [2.45, 2.75) is 64.5 Å². The normalized spacial score (nSPS) is 21.4. The lowest BCUT2D eigenvalue weighted by Crippen LogP contribution is -2.51. The molecule has 2 fully saturated rings. The highest BCUT2D eigenvalue weighted by atomic mass is 16.4. The molecule has 39 heavy (non-hydrogen) atoms. The lowest BCUT2D eigenvalue weighted by atomic mass is 9.94. The Labute approximate surface area is 229 Å². The molecule has 0 radical (unpaired) electrons. The molecule has 11 nitrogen and oxygen atoms in total. The number of carbonyl (C=O) groups is 3. The van der Waals surface area contributed by atoms with Gasteiger partial charge in [0.25, 0.3) is 0 Å². The summed E-state index contributed by atoms with van der Waals surface area (Å²) in [6.45, 7) is 8.94. The quantitative estimate of drug-likeness (QED) is 0.351. The van der Waals surface area contributed by atoms with E-state index in [0.29, 0.717) is 17.9 Å². The zero-order valence-corrected chi connectivity index (χ0v) is 22.9. The number of anilines is 2. The first-order valence-electron chi connectivity index (χ1n) is 13.9. The minimum absolute atomic E-state index is 0.212. The number of carboxylic acid groups (broad SMARTS) is 2. The van der Waals surface area contributed by atoms with E-state index in [4.69, 9.17) is 0 Å². The van der Waals surface area contributed by atoms with Gasteiger partial charge >= 0.3 is 18.0 Å². The van der Waals surface area contributed by atoms with Crippen molar-refractivity contribution >= 4 is 35.1 Å². The fourth-order valence-electron chi connectivity index (χ4n) is 5.91. The summed E-state index contributed by atoms with van der Waals surface area (Å²) in [7, 11) is 0. The molecule has 4 rings (SSSR count). The summed E-state index contributed by atoms with van der Waals surface area (Å²) in [6.07, 6.45) is 7.62. The van der Waals surface area contributed by atoms with Gasteiger partial charge in [0.05, 0.1) is 5.70 Å². The van der Waals surface area contributed by atoms with Crippen molar-refractivity contribution in [3.8, 4) is 0 Å². The number of piperazine rings is 1. The number of nitrogens with one attached hydrogen (secondary N) is 2. The number of amides is 2. The molecular weight excluding hydrogens is 500 g/mol. The predicted octanol–water partition coefficient (Wildman–Crippen LogP) is 3.20. The van der Waals surface area contributed by atoms with Crippen LogP contribution < -0.4 is 15.5 Å². The van der Waals surface area contributed by atoms with Gasteiger partial charge in [0.1, 0.15) is 5.70 Å². The number of allylic oxidation sites excluding steroid dienone is 1. The standard InChI is InChI=1S/C28H40N6O5/c1-19-24(26(35)36)34(25(27(37)38)20(2)30-19)23-11-6-8-21(18-23)31-28(39)29-12-7-13-32-14-16-33(17-15-32)22-9-4-3-5-10-22/h6,8,11,18,22,24H,3-5,7,9-10,12-17H2,1-2H3,(H,35,36)(H,37,38)(H2,29,31,39). The average Bonchev–Trinajstić information content (AvgIpc) is 2.91. The Balaban J connectivity index is 1.27. The van der Waals surface area contributed by atoms with Gasteiger partial charge in [-0.15, -0.1) is 0 Å². The zero-order valence-electron chi connectivity index (χ0n) is 22.9. The summed E-state index contributed by atoms with van der Waals surface area (Å²) in [6, 6.07) is 5.62. The van der Waals surface area contributed by atoms with E-state index in [9.17, 15) is 24.6 Å². The molecule has 1 unspecified atom stereocenters. The van der Waals surface area contributed by atoms with Crippen LogP contribution in [0.1, 0.15) is 52.4 Å². The third-order valence-electron chi connectivity index (χ3n) is 7.83. The fourth-order valence-corrected chi connectivity index (χ4v) is 5.91. The molecule has 4 N–H and O–H groups in total. The molecule has 1 aromatic rings. The second-order valence-electron chi connectivity index (χ2n) is 10.6. The van der Waals surface area contributed by atoms with Gasteiger partial charge in [-0.1, -0.05) is 25.3 Å².